The predicted octanol–water partition coefficient (Wildman–Crippen LogP) is 3.50. The average molecular weight is 277 g/mol. The number of benzene rings is 1. The standard InChI is InChI=1S/C15H20FN3O/c1-4-17-8-12-7-13(16)5-6-15(12)20-14-9-18-19(10-14)11(2)3/h5-7,9-11,17H,4,8H2,1-3H3. The summed E-state index contributed by atoms with van der Waals surface area (Å²) in [6.45, 7) is 7.49. The molecule has 0 amide bonds. The molecular weight excluding hydrogens is 257 g/mol. The van der Waals surface area contributed by atoms with E-state index >= 15 is 0 Å². The summed E-state index contributed by atoms with van der Waals surface area (Å²) in [6, 6.07) is 4.82. The molecule has 5 heteroatoms. The molecule has 4 nitrogen and oxygen atoms in total. The normalized spacial score (nSPS) is 11.1. The van der Waals surface area contributed by atoms with Gasteiger partial charge in [0.1, 0.15) is 11.6 Å². The van der Waals surface area contributed by atoms with Gasteiger partial charge in [-0.3, -0.25) is 4.68 Å². The van der Waals surface area contributed by atoms with Crippen LogP contribution in [-0.2, 0) is 6.54 Å². The van der Waals surface area contributed by atoms with Gasteiger partial charge in [0.15, 0.2) is 5.75 Å². The Bertz CT molecular complexity index is 566. The van der Waals surface area contributed by atoms with Gasteiger partial charge in [0, 0.05) is 18.2 Å². The lowest BCUT2D eigenvalue weighted by Gasteiger charge is -2.10. The highest BCUT2D eigenvalue weighted by molar-refractivity contribution is 5.37. The number of hydrogen-bond acceptors (Lipinski definition) is 3. The van der Waals surface area contributed by atoms with Crippen LogP contribution in [0.4, 0.5) is 4.39 Å². The molecule has 0 spiro atoms. The second-order valence-electron chi connectivity index (χ2n) is 4.88. The van der Waals surface area contributed by atoms with Crippen LogP contribution in [0.5, 0.6) is 11.5 Å². The van der Waals surface area contributed by atoms with E-state index in [1.54, 1.807) is 12.3 Å². The van der Waals surface area contributed by atoms with Crippen LogP contribution in [0.3, 0.4) is 0 Å². The predicted molar refractivity (Wildman–Crippen MR) is 76.5 cm³/mol. The third-order valence-corrected chi connectivity index (χ3v) is 2.92. The van der Waals surface area contributed by atoms with Crippen molar-refractivity contribution in [2.75, 3.05) is 6.54 Å². The van der Waals surface area contributed by atoms with E-state index in [0.29, 0.717) is 18.0 Å². The van der Waals surface area contributed by atoms with E-state index < -0.39 is 0 Å². The van der Waals surface area contributed by atoms with E-state index in [1.165, 1.54) is 12.1 Å². The molecule has 0 aliphatic carbocycles. The van der Waals surface area contributed by atoms with E-state index in [-0.39, 0.29) is 11.9 Å². The van der Waals surface area contributed by atoms with Crippen LogP contribution in [0.1, 0.15) is 32.4 Å². The number of nitrogens with zero attached hydrogens (tertiary/aromatic N) is 2. The highest BCUT2D eigenvalue weighted by Crippen LogP contribution is 2.26. The summed E-state index contributed by atoms with van der Waals surface area (Å²) in [4.78, 5) is 0. The fourth-order valence-electron chi connectivity index (χ4n) is 1.83. The van der Waals surface area contributed by atoms with Crippen LogP contribution in [-0.4, -0.2) is 16.3 Å². The minimum atomic E-state index is -0.261. The van der Waals surface area contributed by atoms with Crippen molar-refractivity contribution >= 4 is 0 Å². The van der Waals surface area contributed by atoms with E-state index in [1.807, 2.05) is 31.6 Å². The molecule has 0 saturated carbocycles. The van der Waals surface area contributed by atoms with Gasteiger partial charge < -0.3 is 10.1 Å². The fraction of sp³-hybridized carbons (Fsp3) is 0.400. The quantitative estimate of drug-likeness (QED) is 0.878. The highest BCUT2D eigenvalue weighted by Gasteiger charge is 2.09. The summed E-state index contributed by atoms with van der Waals surface area (Å²) < 4.78 is 20.9. The molecule has 20 heavy (non-hydrogen) atoms. The Morgan fingerprint density at radius 3 is 2.85 bits per heavy atom. The van der Waals surface area contributed by atoms with Crippen LogP contribution >= 0.6 is 0 Å². The number of halogens is 1. The fourth-order valence-corrected chi connectivity index (χ4v) is 1.83. The van der Waals surface area contributed by atoms with Gasteiger partial charge in [-0.05, 0) is 38.6 Å². The summed E-state index contributed by atoms with van der Waals surface area (Å²) in [5, 5.41) is 7.40. The largest absolute Gasteiger partial charge is 0.454 e. The van der Waals surface area contributed by atoms with Crippen molar-refractivity contribution in [2.45, 2.75) is 33.4 Å². The van der Waals surface area contributed by atoms with E-state index in [2.05, 4.69) is 10.4 Å². The first-order valence-corrected chi connectivity index (χ1v) is 6.81. The Kier molecular flexibility index (Phi) is 4.74. The summed E-state index contributed by atoms with van der Waals surface area (Å²) in [7, 11) is 0. The molecule has 1 N–H and O–H groups in total. The van der Waals surface area contributed by atoms with Crippen LogP contribution in [0.25, 0.3) is 0 Å². The van der Waals surface area contributed by atoms with Crippen LogP contribution in [0.15, 0.2) is 30.6 Å². The topological polar surface area (TPSA) is 39.1 Å². The highest BCUT2D eigenvalue weighted by atomic mass is 19.1. The Morgan fingerprint density at radius 2 is 2.20 bits per heavy atom. The zero-order valence-corrected chi connectivity index (χ0v) is 12.1. The number of hydrogen-bond donors (Lipinski definition) is 1. The van der Waals surface area contributed by atoms with Crippen molar-refractivity contribution in [3.8, 4) is 11.5 Å². The molecule has 0 unspecified atom stereocenters. The van der Waals surface area contributed by atoms with E-state index in [4.69, 9.17) is 4.74 Å². The smallest absolute Gasteiger partial charge is 0.165 e. The second kappa shape index (κ2) is 6.52. The van der Waals surface area contributed by atoms with Crippen LogP contribution in [0, 0.1) is 5.82 Å². The number of nitrogens with one attached hydrogen (secondary N) is 1. The van der Waals surface area contributed by atoms with Crippen molar-refractivity contribution in [3.05, 3.63) is 42.0 Å². The molecule has 2 rings (SSSR count). The van der Waals surface area contributed by atoms with E-state index in [0.717, 1.165) is 12.1 Å². The maximum absolute atomic E-state index is 13.3. The van der Waals surface area contributed by atoms with Crippen LogP contribution < -0.4 is 10.1 Å². The van der Waals surface area contributed by atoms with Gasteiger partial charge in [-0.15, -0.1) is 0 Å². The molecule has 0 aliphatic heterocycles. The average Bonchev–Trinajstić information content (AvgIpc) is 2.88. The Balaban J connectivity index is 2.18. The van der Waals surface area contributed by atoms with Gasteiger partial charge in [0.05, 0.1) is 12.4 Å². The molecule has 0 aliphatic rings. The third kappa shape index (κ3) is 3.57. The van der Waals surface area contributed by atoms with Gasteiger partial charge in [-0.2, -0.15) is 5.10 Å². The molecule has 108 valence electrons. The molecule has 1 heterocycles. The molecule has 0 atom stereocenters. The van der Waals surface area contributed by atoms with Gasteiger partial charge in [-0.1, -0.05) is 6.92 Å². The maximum Gasteiger partial charge on any atom is 0.165 e. The molecule has 0 fully saturated rings. The SMILES string of the molecule is CCNCc1cc(F)ccc1Oc1cnn(C(C)C)c1. The monoisotopic (exact) mass is 277 g/mol. The zero-order valence-electron chi connectivity index (χ0n) is 12.1. The molecule has 1 aromatic carbocycles. The lowest BCUT2D eigenvalue weighted by atomic mass is 10.2. The second-order valence-corrected chi connectivity index (χ2v) is 4.88. The lowest BCUT2D eigenvalue weighted by molar-refractivity contribution is 0.466. The van der Waals surface area contributed by atoms with Gasteiger partial charge >= 0.3 is 0 Å². The third-order valence-electron chi connectivity index (χ3n) is 2.92. The molecule has 2 aromatic rings. The van der Waals surface area contributed by atoms with Gasteiger partial charge in [-0.25, -0.2) is 4.39 Å². The summed E-state index contributed by atoms with van der Waals surface area (Å²) in [5.41, 5.74) is 0.796. The minimum absolute atomic E-state index is 0.261. The summed E-state index contributed by atoms with van der Waals surface area (Å²) in [6.07, 6.45) is 3.51. The van der Waals surface area contributed by atoms with Crippen LogP contribution in [0.2, 0.25) is 0 Å². The summed E-state index contributed by atoms with van der Waals surface area (Å²) in [5.74, 6) is 1.04. The first kappa shape index (κ1) is 14.5. The number of ether oxygens (including phenoxy) is 1. The van der Waals surface area contributed by atoms with E-state index in [9.17, 15) is 4.39 Å². The molecule has 1 aromatic heterocycles. The molecular formula is C15H20FN3O. The first-order valence-electron chi connectivity index (χ1n) is 6.81. The van der Waals surface area contributed by atoms with Crippen molar-refractivity contribution in [3.63, 3.8) is 0 Å². The van der Waals surface area contributed by atoms with Crippen molar-refractivity contribution < 1.29 is 9.13 Å². The van der Waals surface area contributed by atoms with Crippen molar-refractivity contribution in [2.24, 2.45) is 0 Å². The number of aromatic nitrogens is 2. The van der Waals surface area contributed by atoms with Gasteiger partial charge in [0.2, 0.25) is 0 Å². The first-order chi connectivity index (χ1) is 9.60. The maximum atomic E-state index is 13.3. The Morgan fingerprint density at radius 1 is 1.40 bits per heavy atom. The Labute approximate surface area is 118 Å². The van der Waals surface area contributed by atoms with Gasteiger partial charge in [0.25, 0.3) is 0 Å². The zero-order chi connectivity index (χ0) is 14.5. The molecule has 0 bridgehead atoms. The van der Waals surface area contributed by atoms with Crippen molar-refractivity contribution in [1.82, 2.24) is 15.1 Å². The number of rotatable bonds is 6. The minimum Gasteiger partial charge on any atom is -0.454 e. The lowest BCUT2D eigenvalue weighted by Crippen LogP contribution is -2.12. The molecule has 0 radical (unpaired) electrons. The molecule has 0 saturated heterocycles. The van der Waals surface area contributed by atoms with Crippen molar-refractivity contribution in [1.29, 1.82) is 0 Å². The Hall–Kier alpha value is -1.88. The summed E-state index contributed by atoms with van der Waals surface area (Å²) >= 11 is 0.